The van der Waals surface area contributed by atoms with Crippen LogP contribution in [0.2, 0.25) is 0 Å². The third-order valence-corrected chi connectivity index (χ3v) is 5.12. The lowest BCUT2D eigenvalue weighted by atomic mass is 9.90. The fraction of sp³-hybridized carbons (Fsp3) is 0.565. The zero-order chi connectivity index (χ0) is 23.7. The zero-order valence-corrected chi connectivity index (χ0v) is 19.2. The summed E-state index contributed by atoms with van der Waals surface area (Å²) in [6, 6.07) is 0. The Bertz CT molecular complexity index is 942. The predicted octanol–water partition coefficient (Wildman–Crippen LogP) is 3.19. The van der Waals surface area contributed by atoms with E-state index in [1.165, 1.54) is 0 Å². The average Bonchev–Trinajstić information content (AvgIpc) is 3.42. The highest BCUT2D eigenvalue weighted by Crippen LogP contribution is 2.28. The minimum atomic E-state index is -0.430. The van der Waals surface area contributed by atoms with Crippen molar-refractivity contribution >= 4 is 29.2 Å². The number of aromatic amines is 1. The van der Waals surface area contributed by atoms with Crippen molar-refractivity contribution in [1.29, 1.82) is 0 Å². The molecule has 32 heavy (non-hydrogen) atoms. The standard InChI is InChI=1S/C11H13NO3.C10H12N2O3.C2H6/c1-2-15-11(14)10-7-4-3-5-9(13)8(7)6-12-10;1-2-15-10(14)9-6-4-3-5-7(13)8(6)11-12-9;1-2/h2-6H2,1H3;2-5H2,1H3,(H,11,12);1-2H3. The molecule has 4 rings (SSSR count). The number of H-pyrrole nitrogens is 1. The number of nitrogens with one attached hydrogen (secondary N) is 1. The van der Waals surface area contributed by atoms with Crippen LogP contribution in [0.1, 0.15) is 86.3 Å². The number of aliphatic imine (C=N–C) groups is 1. The van der Waals surface area contributed by atoms with E-state index in [2.05, 4.69) is 15.2 Å². The van der Waals surface area contributed by atoms with E-state index in [1.54, 1.807) is 13.8 Å². The number of hydrogen-bond acceptors (Lipinski definition) is 8. The zero-order valence-electron chi connectivity index (χ0n) is 19.2. The summed E-state index contributed by atoms with van der Waals surface area (Å²) in [6.07, 6.45) is 4.18. The van der Waals surface area contributed by atoms with Gasteiger partial charge < -0.3 is 9.47 Å². The highest BCUT2D eigenvalue weighted by atomic mass is 16.5. The van der Waals surface area contributed by atoms with Gasteiger partial charge >= 0.3 is 11.9 Å². The number of Topliss-reactive ketones (excluding diaryl/α,β-unsaturated/α-hetero) is 2. The van der Waals surface area contributed by atoms with Crippen LogP contribution >= 0.6 is 0 Å². The van der Waals surface area contributed by atoms with E-state index in [0.29, 0.717) is 61.7 Å². The molecule has 9 heteroatoms. The number of hydrogen-bond donors (Lipinski definition) is 1. The number of rotatable bonds is 4. The molecule has 2 heterocycles. The maximum atomic E-state index is 11.5. The highest BCUT2D eigenvalue weighted by molar-refractivity contribution is 6.45. The van der Waals surface area contributed by atoms with Crippen LogP contribution in [-0.2, 0) is 25.5 Å². The Morgan fingerprint density at radius 2 is 1.50 bits per heavy atom. The van der Waals surface area contributed by atoms with Gasteiger partial charge in [-0.15, -0.1) is 0 Å². The van der Waals surface area contributed by atoms with Crippen molar-refractivity contribution in [2.75, 3.05) is 19.8 Å². The number of fused-ring (bicyclic) bond motifs is 1. The summed E-state index contributed by atoms with van der Waals surface area (Å²) >= 11 is 0. The van der Waals surface area contributed by atoms with Crippen molar-refractivity contribution in [1.82, 2.24) is 10.2 Å². The minimum Gasteiger partial charge on any atom is -0.461 e. The van der Waals surface area contributed by atoms with Gasteiger partial charge in [0.05, 0.1) is 19.8 Å². The summed E-state index contributed by atoms with van der Waals surface area (Å²) in [7, 11) is 0. The van der Waals surface area contributed by atoms with Gasteiger partial charge in [-0.3, -0.25) is 19.7 Å². The van der Waals surface area contributed by atoms with E-state index in [1.807, 2.05) is 13.8 Å². The molecule has 9 nitrogen and oxygen atoms in total. The fourth-order valence-corrected chi connectivity index (χ4v) is 3.74. The first kappa shape index (κ1) is 25.2. The van der Waals surface area contributed by atoms with E-state index in [4.69, 9.17) is 9.47 Å². The first-order valence-corrected chi connectivity index (χ1v) is 11.2. The van der Waals surface area contributed by atoms with E-state index in [0.717, 1.165) is 30.4 Å². The maximum absolute atomic E-state index is 11.5. The Labute approximate surface area is 187 Å². The Morgan fingerprint density at radius 1 is 0.875 bits per heavy atom. The monoisotopic (exact) mass is 445 g/mol. The second-order valence-electron chi connectivity index (χ2n) is 7.04. The molecule has 0 aromatic carbocycles. The van der Waals surface area contributed by atoms with Gasteiger partial charge in [-0.1, -0.05) is 13.8 Å². The van der Waals surface area contributed by atoms with E-state index < -0.39 is 11.9 Å². The number of ketones is 2. The largest absolute Gasteiger partial charge is 0.461 e. The first-order chi connectivity index (χ1) is 15.5. The lowest BCUT2D eigenvalue weighted by Gasteiger charge is -2.13. The van der Waals surface area contributed by atoms with Crippen LogP contribution in [0.15, 0.2) is 16.1 Å². The number of aromatic nitrogens is 2. The van der Waals surface area contributed by atoms with Gasteiger partial charge in [0.1, 0.15) is 17.1 Å². The van der Waals surface area contributed by atoms with E-state index in [9.17, 15) is 19.2 Å². The third kappa shape index (κ3) is 5.57. The van der Waals surface area contributed by atoms with Gasteiger partial charge in [0.2, 0.25) is 0 Å². The van der Waals surface area contributed by atoms with Crippen molar-refractivity contribution < 1.29 is 28.7 Å². The second-order valence-corrected chi connectivity index (χ2v) is 7.04. The average molecular weight is 446 g/mol. The van der Waals surface area contributed by atoms with Crippen LogP contribution in [0.5, 0.6) is 0 Å². The molecule has 2 aliphatic carbocycles. The number of ether oxygens (including phenoxy) is 2. The smallest absolute Gasteiger partial charge is 0.356 e. The Morgan fingerprint density at radius 3 is 2.19 bits per heavy atom. The van der Waals surface area contributed by atoms with Crippen molar-refractivity contribution in [3.63, 3.8) is 0 Å². The van der Waals surface area contributed by atoms with Crippen LogP contribution < -0.4 is 0 Å². The molecule has 0 bridgehead atoms. The van der Waals surface area contributed by atoms with Crippen LogP contribution in [0.3, 0.4) is 0 Å². The van der Waals surface area contributed by atoms with Gasteiger partial charge in [0.25, 0.3) is 0 Å². The molecule has 174 valence electrons. The molecule has 0 spiro atoms. The SMILES string of the molecule is CC.CCOC(=O)C1=NCC2=C1CCCC2=O.CCOC(=O)c1[nH]nc2c1CCCC2=O. The summed E-state index contributed by atoms with van der Waals surface area (Å²) in [4.78, 5) is 50.0. The molecular formula is C23H31N3O6. The van der Waals surface area contributed by atoms with Gasteiger partial charge in [-0.05, 0) is 45.1 Å². The molecule has 0 atom stereocenters. The molecule has 0 unspecified atom stereocenters. The van der Waals surface area contributed by atoms with Gasteiger partial charge in [0.15, 0.2) is 11.6 Å². The number of esters is 2. The molecule has 0 radical (unpaired) electrons. The number of carbonyl (C=O) groups excluding carboxylic acids is 4. The fourth-order valence-electron chi connectivity index (χ4n) is 3.74. The normalized spacial score (nSPS) is 16.6. The van der Waals surface area contributed by atoms with Crippen molar-refractivity contribution in [2.24, 2.45) is 4.99 Å². The van der Waals surface area contributed by atoms with Crippen LogP contribution in [-0.4, -0.2) is 59.2 Å². The Kier molecular flexibility index (Phi) is 9.49. The molecule has 0 saturated carbocycles. The first-order valence-electron chi connectivity index (χ1n) is 11.2. The molecule has 0 fully saturated rings. The van der Waals surface area contributed by atoms with Crippen molar-refractivity contribution in [3.8, 4) is 0 Å². The molecule has 3 aliphatic rings. The Hall–Kier alpha value is -3.10. The number of carbonyl (C=O) groups is 4. The summed E-state index contributed by atoms with van der Waals surface area (Å²) in [5.41, 5.74) is 3.38. The number of nitrogens with zero attached hydrogens (tertiary/aromatic N) is 2. The van der Waals surface area contributed by atoms with Gasteiger partial charge in [0, 0.05) is 24.0 Å². The van der Waals surface area contributed by atoms with Crippen molar-refractivity contribution in [2.45, 2.75) is 66.2 Å². The highest BCUT2D eigenvalue weighted by Gasteiger charge is 2.31. The molecular weight excluding hydrogens is 414 g/mol. The summed E-state index contributed by atoms with van der Waals surface area (Å²) in [6.45, 7) is 8.53. The molecule has 0 amide bonds. The second kappa shape index (κ2) is 12.1. The summed E-state index contributed by atoms with van der Waals surface area (Å²) in [5.74, 6) is -0.680. The predicted molar refractivity (Wildman–Crippen MR) is 118 cm³/mol. The molecule has 1 aliphatic heterocycles. The van der Waals surface area contributed by atoms with E-state index >= 15 is 0 Å². The summed E-state index contributed by atoms with van der Waals surface area (Å²) < 4.78 is 9.76. The van der Waals surface area contributed by atoms with Crippen molar-refractivity contribution in [3.05, 3.63) is 28.1 Å². The van der Waals surface area contributed by atoms with E-state index in [-0.39, 0.29) is 11.6 Å². The molecule has 0 saturated heterocycles. The topological polar surface area (TPSA) is 128 Å². The Balaban J connectivity index is 0.000000211. The third-order valence-electron chi connectivity index (χ3n) is 5.12. The quantitative estimate of drug-likeness (QED) is 0.705. The lowest BCUT2D eigenvalue weighted by molar-refractivity contribution is -0.135. The molecule has 1 N–H and O–H groups in total. The molecule has 1 aromatic heterocycles. The van der Waals surface area contributed by atoms with Crippen LogP contribution in [0.4, 0.5) is 0 Å². The minimum absolute atomic E-state index is 0.00282. The maximum Gasteiger partial charge on any atom is 0.356 e. The summed E-state index contributed by atoms with van der Waals surface area (Å²) in [5, 5.41) is 6.45. The molecule has 1 aromatic rings. The van der Waals surface area contributed by atoms with Crippen LogP contribution in [0.25, 0.3) is 0 Å². The lowest BCUT2D eigenvalue weighted by Crippen LogP contribution is -2.21. The van der Waals surface area contributed by atoms with Gasteiger partial charge in [-0.25, -0.2) is 9.59 Å². The van der Waals surface area contributed by atoms with Gasteiger partial charge in [-0.2, -0.15) is 5.10 Å². The van der Waals surface area contributed by atoms with Crippen LogP contribution in [0, 0.1) is 0 Å².